The highest BCUT2D eigenvalue weighted by atomic mass is 35.5. The molecule has 7 heteroatoms. The second kappa shape index (κ2) is 7.34. The number of nitrogens with zero attached hydrogens (tertiary/aromatic N) is 5. The molecule has 0 aromatic carbocycles. The molecule has 1 aromatic rings. The summed E-state index contributed by atoms with van der Waals surface area (Å²) in [6.07, 6.45) is 8.14. The molecule has 1 aromatic heterocycles. The predicted molar refractivity (Wildman–Crippen MR) is 92.9 cm³/mol. The zero-order chi connectivity index (χ0) is 15.5. The van der Waals surface area contributed by atoms with Crippen LogP contribution in [0.5, 0.6) is 0 Å². The molecule has 2 aliphatic heterocycles. The fourth-order valence-corrected chi connectivity index (χ4v) is 4.00. The van der Waals surface area contributed by atoms with E-state index in [4.69, 9.17) is 11.6 Å². The van der Waals surface area contributed by atoms with Gasteiger partial charge in [-0.3, -0.25) is 4.90 Å². The molecule has 0 saturated carbocycles. The molecule has 0 amide bonds. The van der Waals surface area contributed by atoms with Crippen LogP contribution in [0.1, 0.15) is 19.3 Å². The number of rotatable bonds is 3. The molecule has 2 aliphatic rings. The lowest BCUT2D eigenvalue weighted by Crippen LogP contribution is -2.61. The molecule has 5 nitrogen and oxygen atoms in total. The fourth-order valence-electron chi connectivity index (χ4n) is 3.28. The molecule has 0 N–H and O–H groups in total. The topological polar surface area (TPSA) is 35.5 Å². The maximum atomic E-state index is 6.29. The number of hydrogen-bond donors (Lipinski definition) is 0. The third-order valence-corrected chi connectivity index (χ3v) is 5.68. The van der Waals surface area contributed by atoms with Crippen molar-refractivity contribution in [2.75, 3.05) is 50.9 Å². The summed E-state index contributed by atoms with van der Waals surface area (Å²) in [5, 5.41) is 0.564. The van der Waals surface area contributed by atoms with Crippen molar-refractivity contribution in [3.8, 4) is 0 Å². The summed E-state index contributed by atoms with van der Waals surface area (Å²) in [6, 6.07) is 0. The summed E-state index contributed by atoms with van der Waals surface area (Å²) < 4.78 is 0. The molecular formula is C15H24ClN5S. The van der Waals surface area contributed by atoms with Gasteiger partial charge in [-0.1, -0.05) is 18.0 Å². The van der Waals surface area contributed by atoms with Crippen LogP contribution in [0, 0.1) is 0 Å². The Balaban J connectivity index is 1.83. The average molecular weight is 342 g/mol. The van der Waals surface area contributed by atoms with Crippen molar-refractivity contribution < 1.29 is 0 Å². The third-order valence-electron chi connectivity index (χ3n) is 4.55. The Kier molecular flexibility index (Phi) is 5.44. The van der Waals surface area contributed by atoms with E-state index < -0.39 is 0 Å². The maximum Gasteiger partial charge on any atom is 0.228 e. The van der Waals surface area contributed by atoms with Crippen molar-refractivity contribution in [1.82, 2.24) is 19.8 Å². The average Bonchev–Trinajstić information content (AvgIpc) is 2.55. The molecular weight excluding hydrogens is 318 g/mol. The van der Waals surface area contributed by atoms with Gasteiger partial charge in [0.15, 0.2) is 0 Å². The highest BCUT2D eigenvalue weighted by Gasteiger charge is 2.32. The van der Waals surface area contributed by atoms with Crippen LogP contribution in [0.3, 0.4) is 0 Å². The minimum atomic E-state index is 0.357. The molecule has 0 aliphatic carbocycles. The summed E-state index contributed by atoms with van der Waals surface area (Å²) in [7, 11) is 2.19. The number of hydrogen-bond acceptors (Lipinski definition) is 6. The van der Waals surface area contributed by atoms with Crippen LogP contribution in [0.25, 0.3) is 0 Å². The first-order chi connectivity index (χ1) is 10.7. The van der Waals surface area contributed by atoms with Crippen LogP contribution in [0.2, 0.25) is 5.15 Å². The summed E-state index contributed by atoms with van der Waals surface area (Å²) in [5.41, 5.74) is 0. The van der Waals surface area contributed by atoms with Crippen LogP contribution in [-0.2, 0) is 0 Å². The second-order valence-corrected chi connectivity index (χ2v) is 7.27. The van der Waals surface area contributed by atoms with E-state index in [9.17, 15) is 0 Å². The Hall–Kier alpha value is -0.560. The Morgan fingerprint density at radius 1 is 1.18 bits per heavy atom. The minimum absolute atomic E-state index is 0.357. The number of likely N-dealkylation sites (N-methyl/N-ethyl adjacent to an activating group) is 1. The van der Waals surface area contributed by atoms with Crippen LogP contribution >= 0.6 is 23.4 Å². The second-order valence-electron chi connectivity index (χ2n) is 6.06. The molecule has 1 atom stereocenters. The van der Waals surface area contributed by atoms with Gasteiger partial charge in [-0.2, -0.15) is 4.98 Å². The Morgan fingerprint density at radius 3 is 2.64 bits per heavy atom. The summed E-state index contributed by atoms with van der Waals surface area (Å²) in [5.74, 6) is 0.770. The lowest BCUT2D eigenvalue weighted by atomic mass is 10.1. The van der Waals surface area contributed by atoms with Crippen molar-refractivity contribution in [3.05, 3.63) is 11.3 Å². The summed E-state index contributed by atoms with van der Waals surface area (Å²) in [4.78, 5) is 17.4. The van der Waals surface area contributed by atoms with Crippen molar-refractivity contribution in [1.29, 1.82) is 0 Å². The van der Waals surface area contributed by atoms with Crippen molar-refractivity contribution in [2.24, 2.45) is 0 Å². The zero-order valence-corrected chi connectivity index (χ0v) is 14.9. The van der Waals surface area contributed by atoms with E-state index in [0.717, 1.165) is 30.5 Å². The van der Waals surface area contributed by atoms with E-state index >= 15 is 0 Å². The van der Waals surface area contributed by atoms with Gasteiger partial charge in [0.2, 0.25) is 5.95 Å². The number of piperidine rings is 1. The molecule has 0 bridgehead atoms. The van der Waals surface area contributed by atoms with E-state index in [0.29, 0.717) is 11.3 Å². The number of halogens is 1. The van der Waals surface area contributed by atoms with Gasteiger partial charge >= 0.3 is 0 Å². The van der Waals surface area contributed by atoms with Crippen LogP contribution in [0.15, 0.2) is 11.1 Å². The van der Waals surface area contributed by atoms with Crippen LogP contribution in [0.4, 0.5) is 5.95 Å². The van der Waals surface area contributed by atoms with E-state index in [-0.39, 0.29) is 0 Å². The highest BCUT2D eigenvalue weighted by molar-refractivity contribution is 7.98. The van der Waals surface area contributed by atoms with Gasteiger partial charge in [-0.25, -0.2) is 4.98 Å². The Bertz CT molecular complexity index is 509. The van der Waals surface area contributed by atoms with Crippen LogP contribution in [-0.4, -0.2) is 72.0 Å². The molecule has 2 fully saturated rings. The summed E-state index contributed by atoms with van der Waals surface area (Å²) >= 11 is 7.87. The van der Waals surface area contributed by atoms with Gasteiger partial charge < -0.3 is 9.80 Å². The van der Waals surface area contributed by atoms with Gasteiger partial charge in [0.25, 0.3) is 0 Å². The first-order valence-electron chi connectivity index (χ1n) is 7.95. The standard InChI is InChI=1S/C15H24ClN5S/c1-19-8-9-21(13(11-19)20-6-4-3-5-7-20)15-17-10-12(22-2)14(16)18-15/h10,13H,3-9,11H2,1-2H3. The molecule has 122 valence electrons. The first-order valence-corrected chi connectivity index (χ1v) is 9.55. The van der Waals surface area contributed by atoms with E-state index in [1.54, 1.807) is 11.8 Å². The van der Waals surface area contributed by atoms with Gasteiger partial charge in [-0.15, -0.1) is 11.8 Å². The number of likely N-dealkylation sites (tertiary alicyclic amines) is 1. The van der Waals surface area contributed by atoms with Gasteiger partial charge in [-0.05, 0) is 26.1 Å². The lowest BCUT2D eigenvalue weighted by Gasteiger charge is -2.46. The van der Waals surface area contributed by atoms with Crippen molar-refractivity contribution in [2.45, 2.75) is 30.3 Å². The van der Waals surface area contributed by atoms with E-state index in [2.05, 4.69) is 31.7 Å². The highest BCUT2D eigenvalue weighted by Crippen LogP contribution is 2.27. The number of thioether (sulfide) groups is 1. The quantitative estimate of drug-likeness (QED) is 0.620. The SMILES string of the molecule is CSc1cnc(N2CCN(C)CC2N2CCCCC2)nc1Cl. The van der Waals surface area contributed by atoms with Crippen LogP contribution < -0.4 is 4.90 Å². The van der Waals surface area contributed by atoms with Gasteiger partial charge in [0.1, 0.15) is 5.15 Å². The van der Waals surface area contributed by atoms with Gasteiger partial charge in [0, 0.05) is 38.9 Å². The lowest BCUT2D eigenvalue weighted by molar-refractivity contribution is 0.103. The first kappa shape index (κ1) is 16.3. The zero-order valence-electron chi connectivity index (χ0n) is 13.3. The normalized spacial score (nSPS) is 24.7. The molecule has 0 radical (unpaired) electrons. The monoisotopic (exact) mass is 341 g/mol. The van der Waals surface area contributed by atoms with E-state index in [1.807, 2.05) is 12.5 Å². The maximum absolute atomic E-state index is 6.29. The molecule has 2 saturated heterocycles. The molecule has 0 spiro atoms. The Labute approximate surface area is 142 Å². The summed E-state index contributed by atoms with van der Waals surface area (Å²) in [6.45, 7) is 5.37. The smallest absolute Gasteiger partial charge is 0.228 e. The Morgan fingerprint density at radius 2 is 1.95 bits per heavy atom. The van der Waals surface area contributed by atoms with Gasteiger partial charge in [0.05, 0.1) is 11.1 Å². The minimum Gasteiger partial charge on any atom is -0.322 e. The molecule has 1 unspecified atom stereocenters. The van der Waals surface area contributed by atoms with Crippen molar-refractivity contribution >= 4 is 29.3 Å². The number of anilines is 1. The van der Waals surface area contributed by atoms with Crippen molar-refractivity contribution in [3.63, 3.8) is 0 Å². The molecule has 3 rings (SSSR count). The molecule has 3 heterocycles. The number of piperazine rings is 1. The number of aromatic nitrogens is 2. The third kappa shape index (κ3) is 3.50. The fraction of sp³-hybridized carbons (Fsp3) is 0.733. The molecule has 22 heavy (non-hydrogen) atoms. The predicted octanol–water partition coefficient (Wildman–Crippen LogP) is 2.42. The largest absolute Gasteiger partial charge is 0.322 e. The van der Waals surface area contributed by atoms with E-state index in [1.165, 1.54) is 32.4 Å².